The molecular weight excluding hydrogens is 250 g/mol. The minimum absolute atomic E-state index is 0.777. The van der Waals surface area contributed by atoms with E-state index >= 15 is 0 Å². The second-order valence-electron chi connectivity index (χ2n) is 4.84. The molecule has 0 aliphatic rings. The summed E-state index contributed by atoms with van der Waals surface area (Å²) in [4.78, 5) is 4.71. The summed E-state index contributed by atoms with van der Waals surface area (Å²) in [5, 5.41) is 0. The zero-order valence-corrected chi connectivity index (χ0v) is 11.8. The van der Waals surface area contributed by atoms with Crippen molar-refractivity contribution in [1.29, 1.82) is 0 Å². The molecule has 0 aliphatic heterocycles. The number of aryl methyl sites for hydroxylation is 2. The van der Waals surface area contributed by atoms with Crippen LogP contribution >= 0.6 is 0 Å². The van der Waals surface area contributed by atoms with Gasteiger partial charge in [0.1, 0.15) is 11.4 Å². The number of aromatic nitrogens is 2. The third kappa shape index (κ3) is 1.81. The first-order chi connectivity index (χ1) is 9.61. The highest BCUT2D eigenvalue weighted by Gasteiger charge is 2.12. The Morgan fingerprint density at radius 3 is 2.35 bits per heavy atom. The minimum atomic E-state index is 0.777. The zero-order chi connectivity index (χ0) is 14.3. The van der Waals surface area contributed by atoms with Crippen molar-refractivity contribution in [1.82, 2.24) is 9.38 Å². The lowest BCUT2D eigenvalue weighted by Gasteiger charge is -2.06. The number of benzene rings is 1. The third-order valence-corrected chi connectivity index (χ3v) is 3.66. The normalized spacial score (nSPS) is 10.9. The van der Waals surface area contributed by atoms with E-state index in [2.05, 4.69) is 11.3 Å². The van der Waals surface area contributed by atoms with Crippen molar-refractivity contribution >= 4 is 11.3 Å². The van der Waals surface area contributed by atoms with Gasteiger partial charge in [0.2, 0.25) is 0 Å². The van der Waals surface area contributed by atoms with Crippen LogP contribution in [0.2, 0.25) is 0 Å². The fourth-order valence-electron chi connectivity index (χ4n) is 2.49. The quantitative estimate of drug-likeness (QED) is 0.775. The van der Waals surface area contributed by atoms with Crippen LogP contribution in [0.1, 0.15) is 11.4 Å². The average molecular weight is 267 g/mol. The molecule has 0 fully saturated rings. The fraction of sp³-hybridized carbons (Fsp3) is 0.188. The van der Waals surface area contributed by atoms with Crippen LogP contribution in [0.25, 0.3) is 16.9 Å². The van der Waals surface area contributed by atoms with Crippen LogP contribution in [0, 0.1) is 13.8 Å². The van der Waals surface area contributed by atoms with Crippen LogP contribution in [-0.4, -0.2) is 16.5 Å². The van der Waals surface area contributed by atoms with Gasteiger partial charge in [0, 0.05) is 17.0 Å². The lowest BCUT2D eigenvalue weighted by Crippen LogP contribution is -1.99. The molecule has 3 aromatic rings. The van der Waals surface area contributed by atoms with Crippen molar-refractivity contribution in [2.45, 2.75) is 13.8 Å². The van der Waals surface area contributed by atoms with Gasteiger partial charge < -0.3 is 10.5 Å². The topological polar surface area (TPSA) is 52.5 Å². The molecule has 0 unspecified atom stereocenters. The average Bonchev–Trinajstić information content (AvgIpc) is 2.81. The first-order valence-electron chi connectivity index (χ1n) is 6.50. The molecule has 0 amide bonds. The number of imidazole rings is 1. The van der Waals surface area contributed by atoms with Crippen LogP contribution in [-0.2, 0) is 0 Å². The highest BCUT2D eigenvalue weighted by atomic mass is 16.5. The van der Waals surface area contributed by atoms with E-state index in [1.165, 1.54) is 0 Å². The van der Waals surface area contributed by atoms with Gasteiger partial charge >= 0.3 is 0 Å². The van der Waals surface area contributed by atoms with Gasteiger partial charge in [-0.15, -0.1) is 0 Å². The number of anilines is 1. The molecule has 2 aromatic heterocycles. The number of rotatable bonds is 2. The molecule has 3 rings (SSSR count). The SMILES string of the molecule is COc1ccc(-c2nc3ccc(N)c(C)n3c2C)cc1. The molecule has 20 heavy (non-hydrogen) atoms. The van der Waals surface area contributed by atoms with Gasteiger partial charge in [0.15, 0.2) is 0 Å². The number of methoxy groups -OCH3 is 1. The summed E-state index contributed by atoms with van der Waals surface area (Å²) in [6.07, 6.45) is 0. The molecule has 2 heterocycles. The van der Waals surface area contributed by atoms with Crippen molar-refractivity contribution in [3.8, 4) is 17.0 Å². The fourth-order valence-corrected chi connectivity index (χ4v) is 2.49. The number of nitrogen functional groups attached to an aromatic ring is 1. The highest BCUT2D eigenvalue weighted by molar-refractivity contribution is 5.68. The second kappa shape index (κ2) is 4.56. The molecule has 0 aliphatic carbocycles. The molecule has 102 valence electrons. The van der Waals surface area contributed by atoms with Gasteiger partial charge in [-0.1, -0.05) is 0 Å². The van der Waals surface area contributed by atoms with Gasteiger partial charge in [-0.25, -0.2) is 4.98 Å². The van der Waals surface area contributed by atoms with Gasteiger partial charge in [0.25, 0.3) is 0 Å². The summed E-state index contributed by atoms with van der Waals surface area (Å²) in [7, 11) is 1.66. The largest absolute Gasteiger partial charge is 0.497 e. The molecule has 0 spiro atoms. The zero-order valence-electron chi connectivity index (χ0n) is 11.8. The minimum Gasteiger partial charge on any atom is -0.497 e. The van der Waals surface area contributed by atoms with Crippen LogP contribution < -0.4 is 10.5 Å². The van der Waals surface area contributed by atoms with E-state index in [0.717, 1.165) is 39.7 Å². The number of hydrogen-bond acceptors (Lipinski definition) is 3. The summed E-state index contributed by atoms with van der Waals surface area (Å²) < 4.78 is 7.28. The van der Waals surface area contributed by atoms with Gasteiger partial charge in [-0.3, -0.25) is 4.40 Å². The predicted octanol–water partition coefficient (Wildman–Crippen LogP) is 3.21. The Bertz CT molecular complexity index is 773. The number of fused-ring (bicyclic) bond motifs is 1. The molecule has 4 heteroatoms. The number of pyridine rings is 1. The lowest BCUT2D eigenvalue weighted by atomic mass is 10.1. The van der Waals surface area contributed by atoms with E-state index in [-0.39, 0.29) is 0 Å². The van der Waals surface area contributed by atoms with Crippen LogP contribution in [0.15, 0.2) is 36.4 Å². The van der Waals surface area contributed by atoms with E-state index in [9.17, 15) is 0 Å². The Balaban J connectivity index is 2.21. The van der Waals surface area contributed by atoms with E-state index in [4.69, 9.17) is 15.5 Å². The van der Waals surface area contributed by atoms with E-state index in [1.807, 2.05) is 43.3 Å². The van der Waals surface area contributed by atoms with Crippen molar-refractivity contribution < 1.29 is 4.74 Å². The standard InChI is InChI=1S/C16H17N3O/c1-10-14(17)8-9-15-18-16(11(2)19(10)15)12-4-6-13(20-3)7-5-12/h4-9H,17H2,1-3H3. The Hall–Kier alpha value is -2.49. The van der Waals surface area contributed by atoms with Crippen LogP contribution in [0.5, 0.6) is 5.75 Å². The molecular formula is C16H17N3O. The molecule has 0 saturated carbocycles. The van der Waals surface area contributed by atoms with Crippen molar-refractivity contribution in [3.63, 3.8) is 0 Å². The van der Waals surface area contributed by atoms with Gasteiger partial charge in [-0.2, -0.15) is 0 Å². The first kappa shape index (κ1) is 12.5. The molecule has 0 bridgehead atoms. The van der Waals surface area contributed by atoms with E-state index in [0.29, 0.717) is 0 Å². The van der Waals surface area contributed by atoms with E-state index in [1.54, 1.807) is 7.11 Å². The summed E-state index contributed by atoms with van der Waals surface area (Å²) in [6, 6.07) is 11.8. The molecule has 0 atom stereocenters. The maximum absolute atomic E-state index is 5.98. The van der Waals surface area contributed by atoms with E-state index < -0.39 is 0 Å². The molecule has 0 radical (unpaired) electrons. The number of nitrogens with zero attached hydrogens (tertiary/aromatic N) is 2. The van der Waals surface area contributed by atoms with Crippen molar-refractivity contribution in [2.24, 2.45) is 0 Å². The van der Waals surface area contributed by atoms with Crippen LogP contribution in [0.3, 0.4) is 0 Å². The molecule has 0 saturated heterocycles. The number of ether oxygens (including phenoxy) is 1. The third-order valence-electron chi connectivity index (χ3n) is 3.66. The second-order valence-corrected chi connectivity index (χ2v) is 4.84. The molecule has 2 N–H and O–H groups in total. The summed E-state index contributed by atoms with van der Waals surface area (Å²) >= 11 is 0. The Kier molecular flexibility index (Phi) is 2.86. The Morgan fingerprint density at radius 2 is 1.70 bits per heavy atom. The Labute approximate surface area is 117 Å². The maximum atomic E-state index is 5.98. The highest BCUT2D eigenvalue weighted by Crippen LogP contribution is 2.27. The predicted molar refractivity (Wildman–Crippen MR) is 81.1 cm³/mol. The molecule has 1 aromatic carbocycles. The van der Waals surface area contributed by atoms with Crippen molar-refractivity contribution in [3.05, 3.63) is 47.8 Å². The Morgan fingerprint density at radius 1 is 1.00 bits per heavy atom. The summed E-state index contributed by atoms with van der Waals surface area (Å²) in [5.74, 6) is 0.843. The van der Waals surface area contributed by atoms with Crippen LogP contribution in [0.4, 0.5) is 5.69 Å². The first-order valence-corrected chi connectivity index (χ1v) is 6.50. The van der Waals surface area contributed by atoms with Gasteiger partial charge in [-0.05, 0) is 50.2 Å². The summed E-state index contributed by atoms with van der Waals surface area (Å²) in [6.45, 7) is 4.07. The smallest absolute Gasteiger partial charge is 0.138 e. The van der Waals surface area contributed by atoms with Crippen molar-refractivity contribution in [2.75, 3.05) is 12.8 Å². The van der Waals surface area contributed by atoms with Gasteiger partial charge in [0.05, 0.1) is 18.5 Å². The lowest BCUT2D eigenvalue weighted by molar-refractivity contribution is 0.415. The maximum Gasteiger partial charge on any atom is 0.138 e. The summed E-state index contributed by atoms with van der Waals surface area (Å²) in [5.41, 5.74) is 11.8. The molecule has 4 nitrogen and oxygen atoms in total. The number of nitrogens with two attached hydrogens (primary N) is 1. The number of hydrogen-bond donors (Lipinski definition) is 1. The monoisotopic (exact) mass is 267 g/mol.